The molecule has 74 valence electrons. The number of fused-ring (bicyclic) bond motifs is 1. The minimum atomic E-state index is 0.470. The maximum atomic E-state index is 4.61. The summed E-state index contributed by atoms with van der Waals surface area (Å²) in [6, 6.07) is 4.21. The third-order valence-corrected chi connectivity index (χ3v) is 2.58. The highest BCUT2D eigenvalue weighted by Crippen LogP contribution is 2.21. The van der Waals surface area contributed by atoms with Crippen molar-refractivity contribution in [3.8, 4) is 0 Å². The average molecular weight is 188 g/mol. The van der Waals surface area contributed by atoms with E-state index in [1.54, 1.807) is 0 Å². The molecule has 0 aliphatic heterocycles. The molecule has 0 N–H and O–H groups in total. The zero-order chi connectivity index (χ0) is 10.3. The number of hydrogen-bond acceptors (Lipinski definition) is 1. The van der Waals surface area contributed by atoms with Crippen molar-refractivity contribution in [2.24, 2.45) is 0 Å². The zero-order valence-corrected chi connectivity index (χ0v) is 9.20. The van der Waals surface area contributed by atoms with Crippen LogP contribution in [0.2, 0.25) is 0 Å². The van der Waals surface area contributed by atoms with Crippen molar-refractivity contribution in [2.75, 3.05) is 0 Å². The summed E-state index contributed by atoms with van der Waals surface area (Å²) in [4.78, 5) is 4.61. The van der Waals surface area contributed by atoms with Gasteiger partial charge in [-0.15, -0.1) is 0 Å². The maximum absolute atomic E-state index is 4.61. The SMILES string of the molecule is Cc1cccn2c(C(C)C)nc(C)c12. The first kappa shape index (κ1) is 9.25. The van der Waals surface area contributed by atoms with Crippen molar-refractivity contribution < 1.29 is 0 Å². The van der Waals surface area contributed by atoms with Crippen LogP contribution in [0.5, 0.6) is 0 Å². The molecule has 0 saturated heterocycles. The topological polar surface area (TPSA) is 17.3 Å². The van der Waals surface area contributed by atoms with Crippen LogP contribution in [0.15, 0.2) is 18.3 Å². The van der Waals surface area contributed by atoms with Crippen LogP contribution in [-0.4, -0.2) is 9.38 Å². The predicted molar refractivity (Wildman–Crippen MR) is 58.8 cm³/mol. The number of rotatable bonds is 1. The fourth-order valence-electron chi connectivity index (χ4n) is 1.95. The van der Waals surface area contributed by atoms with Crippen LogP contribution in [0.25, 0.3) is 5.52 Å². The Kier molecular flexibility index (Phi) is 2.06. The van der Waals surface area contributed by atoms with Gasteiger partial charge in [0.25, 0.3) is 0 Å². The molecule has 0 aliphatic carbocycles. The van der Waals surface area contributed by atoms with Gasteiger partial charge >= 0.3 is 0 Å². The Balaban J connectivity index is 2.84. The first-order valence-electron chi connectivity index (χ1n) is 5.05. The summed E-state index contributed by atoms with van der Waals surface area (Å²) in [5, 5.41) is 0. The number of aromatic nitrogens is 2. The van der Waals surface area contributed by atoms with E-state index in [9.17, 15) is 0 Å². The molecule has 2 aromatic heterocycles. The van der Waals surface area contributed by atoms with Gasteiger partial charge in [0.1, 0.15) is 5.82 Å². The quantitative estimate of drug-likeness (QED) is 0.672. The second-order valence-corrected chi connectivity index (χ2v) is 4.12. The summed E-state index contributed by atoms with van der Waals surface area (Å²) in [6.45, 7) is 8.56. The summed E-state index contributed by atoms with van der Waals surface area (Å²) in [5.74, 6) is 1.62. The number of aryl methyl sites for hydroxylation is 2. The molecule has 0 aromatic carbocycles. The molecule has 0 spiro atoms. The second kappa shape index (κ2) is 3.12. The Hall–Kier alpha value is -1.31. The van der Waals surface area contributed by atoms with E-state index in [0.717, 1.165) is 11.5 Å². The summed E-state index contributed by atoms with van der Waals surface area (Å²) in [6.07, 6.45) is 2.09. The van der Waals surface area contributed by atoms with Gasteiger partial charge in [0, 0.05) is 12.1 Å². The fourth-order valence-corrected chi connectivity index (χ4v) is 1.95. The average Bonchev–Trinajstić information content (AvgIpc) is 2.45. The molecule has 0 radical (unpaired) electrons. The monoisotopic (exact) mass is 188 g/mol. The van der Waals surface area contributed by atoms with Gasteiger partial charge in [-0.25, -0.2) is 4.98 Å². The summed E-state index contributed by atoms with van der Waals surface area (Å²) >= 11 is 0. The highest BCUT2D eigenvalue weighted by Gasteiger charge is 2.11. The van der Waals surface area contributed by atoms with E-state index >= 15 is 0 Å². The summed E-state index contributed by atoms with van der Waals surface area (Å²) in [7, 11) is 0. The van der Waals surface area contributed by atoms with Gasteiger partial charge < -0.3 is 4.40 Å². The van der Waals surface area contributed by atoms with Crippen LogP contribution < -0.4 is 0 Å². The third-order valence-electron chi connectivity index (χ3n) is 2.58. The lowest BCUT2D eigenvalue weighted by molar-refractivity contribution is 0.768. The molecule has 0 saturated carbocycles. The Morgan fingerprint density at radius 1 is 1.29 bits per heavy atom. The van der Waals surface area contributed by atoms with E-state index in [2.05, 4.69) is 55.4 Å². The largest absolute Gasteiger partial charge is 0.303 e. The molecule has 0 atom stereocenters. The van der Waals surface area contributed by atoms with Crippen LogP contribution in [0.1, 0.15) is 36.8 Å². The van der Waals surface area contributed by atoms with E-state index < -0.39 is 0 Å². The van der Waals surface area contributed by atoms with Gasteiger partial charge in [-0.1, -0.05) is 19.9 Å². The zero-order valence-electron chi connectivity index (χ0n) is 9.20. The van der Waals surface area contributed by atoms with E-state index in [1.165, 1.54) is 11.1 Å². The lowest BCUT2D eigenvalue weighted by atomic mass is 10.2. The Labute approximate surface area is 84.6 Å². The summed E-state index contributed by atoms with van der Waals surface area (Å²) in [5.41, 5.74) is 3.69. The molecule has 0 bridgehead atoms. The van der Waals surface area contributed by atoms with Gasteiger partial charge in [-0.2, -0.15) is 0 Å². The second-order valence-electron chi connectivity index (χ2n) is 4.12. The highest BCUT2D eigenvalue weighted by atomic mass is 15.0. The van der Waals surface area contributed by atoms with Gasteiger partial charge in [-0.3, -0.25) is 0 Å². The molecular weight excluding hydrogens is 172 g/mol. The number of nitrogens with zero attached hydrogens (tertiary/aromatic N) is 2. The molecule has 2 heterocycles. The molecule has 2 nitrogen and oxygen atoms in total. The molecule has 0 unspecified atom stereocenters. The van der Waals surface area contributed by atoms with Gasteiger partial charge in [0.15, 0.2) is 0 Å². The van der Waals surface area contributed by atoms with Gasteiger partial charge in [0.05, 0.1) is 11.2 Å². The van der Waals surface area contributed by atoms with E-state index in [4.69, 9.17) is 0 Å². The molecule has 0 fully saturated rings. The summed E-state index contributed by atoms with van der Waals surface area (Å²) < 4.78 is 2.20. The molecule has 2 rings (SSSR count). The van der Waals surface area contributed by atoms with Crippen LogP contribution in [0.4, 0.5) is 0 Å². The van der Waals surface area contributed by atoms with Gasteiger partial charge in [0.2, 0.25) is 0 Å². The normalized spacial score (nSPS) is 11.5. The van der Waals surface area contributed by atoms with Crippen molar-refractivity contribution in [1.82, 2.24) is 9.38 Å². The minimum Gasteiger partial charge on any atom is -0.303 e. The van der Waals surface area contributed by atoms with Crippen molar-refractivity contribution in [2.45, 2.75) is 33.6 Å². The van der Waals surface area contributed by atoms with E-state index in [0.29, 0.717) is 5.92 Å². The van der Waals surface area contributed by atoms with Crippen molar-refractivity contribution in [1.29, 1.82) is 0 Å². The smallest absolute Gasteiger partial charge is 0.116 e. The highest BCUT2D eigenvalue weighted by molar-refractivity contribution is 5.59. The molecule has 14 heavy (non-hydrogen) atoms. The van der Waals surface area contributed by atoms with Gasteiger partial charge in [-0.05, 0) is 25.5 Å². The van der Waals surface area contributed by atoms with Crippen molar-refractivity contribution in [3.05, 3.63) is 35.4 Å². The Morgan fingerprint density at radius 2 is 2.00 bits per heavy atom. The third kappa shape index (κ3) is 1.22. The minimum absolute atomic E-state index is 0.470. The molecule has 2 heteroatoms. The molecule has 0 aliphatic rings. The maximum Gasteiger partial charge on any atom is 0.116 e. The lowest BCUT2D eigenvalue weighted by Gasteiger charge is -2.04. The van der Waals surface area contributed by atoms with Crippen LogP contribution in [0.3, 0.4) is 0 Å². The number of pyridine rings is 1. The Bertz CT molecular complexity index is 466. The van der Waals surface area contributed by atoms with Crippen LogP contribution >= 0.6 is 0 Å². The van der Waals surface area contributed by atoms with Crippen LogP contribution in [-0.2, 0) is 0 Å². The van der Waals surface area contributed by atoms with E-state index in [-0.39, 0.29) is 0 Å². The van der Waals surface area contributed by atoms with Crippen LogP contribution in [0, 0.1) is 13.8 Å². The predicted octanol–water partition coefficient (Wildman–Crippen LogP) is 3.07. The molecule has 0 amide bonds. The standard InChI is InChI=1S/C12H16N2/c1-8(2)12-13-10(4)11-9(3)6-5-7-14(11)12/h5-8H,1-4H3. The Morgan fingerprint density at radius 3 is 2.64 bits per heavy atom. The first-order valence-corrected chi connectivity index (χ1v) is 5.05. The van der Waals surface area contributed by atoms with Crippen molar-refractivity contribution in [3.63, 3.8) is 0 Å². The van der Waals surface area contributed by atoms with Crippen molar-refractivity contribution >= 4 is 5.52 Å². The van der Waals surface area contributed by atoms with E-state index in [1.807, 2.05) is 0 Å². The fraction of sp³-hybridized carbons (Fsp3) is 0.417. The first-order chi connectivity index (χ1) is 6.61. The molecule has 2 aromatic rings. The lowest BCUT2D eigenvalue weighted by Crippen LogP contribution is -1.96. The molecular formula is C12H16N2. The number of imidazole rings is 1. The number of hydrogen-bond donors (Lipinski definition) is 0.